The van der Waals surface area contributed by atoms with Gasteiger partial charge in [0.2, 0.25) is 0 Å². The summed E-state index contributed by atoms with van der Waals surface area (Å²) >= 11 is 0. The van der Waals surface area contributed by atoms with Crippen LogP contribution in [0, 0.1) is 11.3 Å². The Morgan fingerprint density at radius 2 is 0.817 bits per heavy atom. The van der Waals surface area contributed by atoms with Crippen LogP contribution in [0.4, 0.5) is 0 Å². The lowest BCUT2D eigenvalue weighted by Crippen LogP contribution is -2.00. The molecule has 0 saturated carbocycles. The molecule has 0 amide bonds. The summed E-state index contributed by atoms with van der Waals surface area (Å²) in [5.41, 5.74) is 10.1. The summed E-state index contributed by atoms with van der Waals surface area (Å²) in [4.78, 5) is 15.2. The quantitative estimate of drug-likeness (QED) is 0.125. The highest BCUT2D eigenvalue weighted by Gasteiger charge is 2.20. The van der Waals surface area contributed by atoms with Gasteiger partial charge in [-0.05, 0) is 101 Å². The Bertz CT molecular complexity index is 3480. The van der Waals surface area contributed by atoms with Crippen molar-refractivity contribution in [3.05, 3.63) is 212 Å². The minimum Gasteiger partial charge on any atom is -0.208 e. The normalized spacial score (nSPS) is 11.3. The molecule has 11 aromatic rings. The van der Waals surface area contributed by atoms with E-state index in [0.717, 1.165) is 33.4 Å². The summed E-state index contributed by atoms with van der Waals surface area (Å²) in [6.07, 6.45) is 0. The first-order valence-corrected chi connectivity index (χ1v) is 20.1. The average Bonchev–Trinajstić information content (AvgIpc) is 3.33. The van der Waals surface area contributed by atoms with Crippen molar-refractivity contribution in [1.29, 1.82) is 5.26 Å². The number of hydrogen-bond donors (Lipinski definition) is 0. The molecule has 4 heteroatoms. The minimum absolute atomic E-state index is 0.589. The van der Waals surface area contributed by atoms with Crippen LogP contribution in [-0.2, 0) is 0 Å². The van der Waals surface area contributed by atoms with Crippen LogP contribution in [0.3, 0.4) is 0 Å². The second-order valence-corrected chi connectivity index (χ2v) is 15.1. The molecule has 60 heavy (non-hydrogen) atoms. The molecule has 4 nitrogen and oxygen atoms in total. The van der Waals surface area contributed by atoms with Crippen LogP contribution < -0.4 is 0 Å². The van der Waals surface area contributed by atoms with Crippen LogP contribution in [0.15, 0.2) is 206 Å². The SMILES string of the molecule is N#Cc1ccc(-c2cccc(-c3nc(-c4ccccc4)nc(-c4ccc(-c5c6ccccc6c(-c6ccc7ccccc7c6)c6ccc7ccccc7c56)cc4)n3)c2)cc1. The van der Waals surface area contributed by atoms with Gasteiger partial charge in [-0.1, -0.05) is 182 Å². The van der Waals surface area contributed by atoms with E-state index in [-0.39, 0.29) is 0 Å². The maximum Gasteiger partial charge on any atom is 0.164 e. The Hall–Kier alpha value is -8.26. The lowest BCUT2D eigenvalue weighted by atomic mass is 9.83. The van der Waals surface area contributed by atoms with Gasteiger partial charge >= 0.3 is 0 Å². The zero-order chi connectivity index (χ0) is 40.0. The van der Waals surface area contributed by atoms with Crippen LogP contribution in [0.25, 0.3) is 111 Å². The summed E-state index contributed by atoms with van der Waals surface area (Å²) < 4.78 is 0. The van der Waals surface area contributed by atoms with Crippen molar-refractivity contribution >= 4 is 43.1 Å². The maximum absolute atomic E-state index is 9.33. The first-order chi connectivity index (χ1) is 29.7. The van der Waals surface area contributed by atoms with Gasteiger partial charge in [0.1, 0.15) is 0 Å². The molecule has 1 aromatic heterocycles. The van der Waals surface area contributed by atoms with Gasteiger partial charge in [-0.2, -0.15) is 5.26 Å². The number of nitrogens with zero attached hydrogens (tertiary/aromatic N) is 4. The molecule has 0 fully saturated rings. The van der Waals surface area contributed by atoms with Crippen molar-refractivity contribution < 1.29 is 0 Å². The molecule has 1 heterocycles. The number of hydrogen-bond acceptors (Lipinski definition) is 4. The monoisotopic (exact) mass is 762 g/mol. The molecule has 0 unspecified atom stereocenters. The fourth-order valence-electron chi connectivity index (χ4n) is 8.62. The summed E-state index contributed by atoms with van der Waals surface area (Å²) in [5.74, 6) is 1.79. The zero-order valence-corrected chi connectivity index (χ0v) is 32.4. The fourth-order valence-corrected chi connectivity index (χ4v) is 8.62. The number of benzene rings is 10. The van der Waals surface area contributed by atoms with E-state index < -0.39 is 0 Å². The Morgan fingerprint density at radius 1 is 0.300 bits per heavy atom. The second-order valence-electron chi connectivity index (χ2n) is 15.1. The Morgan fingerprint density at radius 3 is 1.55 bits per heavy atom. The molecule has 278 valence electrons. The molecule has 0 radical (unpaired) electrons. The maximum atomic E-state index is 9.33. The molecule has 0 saturated heterocycles. The highest BCUT2D eigenvalue weighted by atomic mass is 15.0. The first-order valence-electron chi connectivity index (χ1n) is 20.1. The highest BCUT2D eigenvalue weighted by molar-refractivity contribution is 6.28. The number of nitriles is 1. The molecule has 0 aliphatic rings. The molecule has 10 aromatic carbocycles. The predicted octanol–water partition coefficient (Wildman–Crippen LogP) is 14.4. The summed E-state index contributed by atoms with van der Waals surface area (Å²) in [7, 11) is 0. The van der Waals surface area contributed by atoms with Gasteiger partial charge in [-0.25, -0.2) is 15.0 Å². The molecule has 11 rings (SSSR count). The van der Waals surface area contributed by atoms with Crippen LogP contribution in [0.1, 0.15) is 5.56 Å². The van der Waals surface area contributed by atoms with Gasteiger partial charge in [0.15, 0.2) is 17.5 Å². The molecular weight excluding hydrogens is 729 g/mol. The molecule has 0 aliphatic heterocycles. The largest absolute Gasteiger partial charge is 0.208 e. The van der Waals surface area contributed by atoms with E-state index in [4.69, 9.17) is 15.0 Å². The van der Waals surface area contributed by atoms with E-state index in [9.17, 15) is 5.26 Å². The molecule has 0 spiro atoms. The lowest BCUT2D eigenvalue weighted by Gasteiger charge is -2.20. The van der Waals surface area contributed by atoms with Crippen molar-refractivity contribution in [2.45, 2.75) is 0 Å². The average molecular weight is 763 g/mol. The number of fused-ring (bicyclic) bond motifs is 5. The third kappa shape index (κ3) is 6.14. The Labute approximate surface area is 347 Å². The zero-order valence-electron chi connectivity index (χ0n) is 32.4. The van der Waals surface area contributed by atoms with E-state index in [1.165, 1.54) is 59.8 Å². The van der Waals surface area contributed by atoms with Crippen LogP contribution in [0.2, 0.25) is 0 Å². The number of rotatable bonds is 6. The van der Waals surface area contributed by atoms with Gasteiger partial charge in [0.25, 0.3) is 0 Å². The Balaban J connectivity index is 1.08. The summed E-state index contributed by atoms with van der Waals surface area (Å²) in [5, 5.41) is 19.1. The van der Waals surface area contributed by atoms with Crippen molar-refractivity contribution in [2.24, 2.45) is 0 Å². The lowest BCUT2D eigenvalue weighted by molar-refractivity contribution is 1.07. The fraction of sp³-hybridized carbons (Fsp3) is 0. The van der Waals surface area contributed by atoms with E-state index >= 15 is 0 Å². The van der Waals surface area contributed by atoms with Crippen LogP contribution in [-0.4, -0.2) is 15.0 Å². The second kappa shape index (κ2) is 14.6. The van der Waals surface area contributed by atoms with Crippen LogP contribution in [0.5, 0.6) is 0 Å². The molecular formula is C56H34N4. The standard InChI is InChI=1S/C56H34N4/c57-35-36-21-23-38(24-22-36)44-16-10-17-46(34-44)56-59-54(41-13-2-1-3-14-41)58-55(60-56)42-28-26-40(27-29-42)52-49-20-9-8-19-48(49)51(45-30-25-37-11-4-5-15-43(37)33-45)50-32-31-39-12-6-7-18-47(39)53(50)52/h1-34H. The van der Waals surface area contributed by atoms with E-state index in [1.54, 1.807) is 0 Å². The van der Waals surface area contributed by atoms with Gasteiger partial charge in [0, 0.05) is 16.7 Å². The minimum atomic E-state index is 0.589. The summed E-state index contributed by atoms with van der Waals surface area (Å²) in [6, 6.07) is 74.3. The topological polar surface area (TPSA) is 62.5 Å². The third-order valence-electron chi connectivity index (χ3n) is 11.5. The smallest absolute Gasteiger partial charge is 0.164 e. The highest BCUT2D eigenvalue weighted by Crippen LogP contribution is 2.46. The van der Waals surface area contributed by atoms with E-state index in [0.29, 0.717) is 23.0 Å². The molecule has 0 atom stereocenters. The van der Waals surface area contributed by atoms with Gasteiger partial charge in [0.05, 0.1) is 11.6 Å². The van der Waals surface area contributed by atoms with Crippen LogP contribution >= 0.6 is 0 Å². The van der Waals surface area contributed by atoms with E-state index in [2.05, 4.69) is 146 Å². The third-order valence-corrected chi connectivity index (χ3v) is 11.5. The number of aromatic nitrogens is 3. The molecule has 0 bridgehead atoms. The summed E-state index contributed by atoms with van der Waals surface area (Å²) in [6.45, 7) is 0. The predicted molar refractivity (Wildman–Crippen MR) is 247 cm³/mol. The first kappa shape index (κ1) is 34.9. The molecule has 0 N–H and O–H groups in total. The van der Waals surface area contributed by atoms with Gasteiger partial charge in [-0.15, -0.1) is 0 Å². The van der Waals surface area contributed by atoms with Gasteiger partial charge < -0.3 is 0 Å². The molecule has 0 aliphatic carbocycles. The van der Waals surface area contributed by atoms with Crippen molar-refractivity contribution in [2.75, 3.05) is 0 Å². The van der Waals surface area contributed by atoms with E-state index in [1.807, 2.05) is 66.7 Å². The van der Waals surface area contributed by atoms with Crippen molar-refractivity contribution in [3.8, 4) is 73.6 Å². The van der Waals surface area contributed by atoms with Crippen molar-refractivity contribution in [1.82, 2.24) is 15.0 Å². The van der Waals surface area contributed by atoms with Crippen molar-refractivity contribution in [3.63, 3.8) is 0 Å². The van der Waals surface area contributed by atoms with Gasteiger partial charge in [-0.3, -0.25) is 0 Å². The Kier molecular flexibility index (Phi) is 8.50.